The third-order valence-electron chi connectivity index (χ3n) is 4.36. The lowest BCUT2D eigenvalue weighted by Crippen LogP contribution is -2.30. The molecule has 0 saturated carbocycles. The van der Waals surface area contributed by atoms with Crippen molar-refractivity contribution >= 4 is 33.7 Å². The molecule has 2 heterocycles. The van der Waals surface area contributed by atoms with E-state index >= 15 is 0 Å². The van der Waals surface area contributed by atoms with E-state index in [4.69, 9.17) is 9.84 Å². The van der Waals surface area contributed by atoms with E-state index in [1.165, 1.54) is 16.9 Å². The second kappa shape index (κ2) is 7.60. The number of nitrogens with zero attached hydrogens (tertiary/aromatic N) is 5. The van der Waals surface area contributed by atoms with Crippen molar-refractivity contribution in [3.63, 3.8) is 0 Å². The van der Waals surface area contributed by atoms with Gasteiger partial charge in [0, 0.05) is 23.9 Å². The number of hydrogen-bond donors (Lipinski definition) is 3. The summed E-state index contributed by atoms with van der Waals surface area (Å²) in [7, 11) is 1.71. The first-order valence-electron chi connectivity index (χ1n) is 8.91. The number of amides is 1. The fraction of sp³-hybridized carbons (Fsp3) is 0.100. The minimum Gasteiger partial charge on any atom is -0.505 e. The van der Waals surface area contributed by atoms with Crippen LogP contribution < -0.4 is 10.1 Å². The molecule has 0 atom stereocenters. The van der Waals surface area contributed by atoms with E-state index in [0.717, 1.165) is 0 Å². The van der Waals surface area contributed by atoms with E-state index < -0.39 is 29.9 Å². The van der Waals surface area contributed by atoms with Gasteiger partial charge in [0.05, 0.1) is 0 Å². The molecule has 1 amide bonds. The van der Waals surface area contributed by atoms with Gasteiger partial charge in [-0.15, -0.1) is 0 Å². The van der Waals surface area contributed by atoms with Crippen LogP contribution in [0.4, 0.5) is 0 Å². The summed E-state index contributed by atoms with van der Waals surface area (Å²) in [5.41, 5.74) is 0.786. The monoisotopic (exact) mass is 418 g/mol. The van der Waals surface area contributed by atoms with E-state index in [2.05, 4.69) is 20.5 Å². The van der Waals surface area contributed by atoms with Crippen molar-refractivity contribution in [3.8, 4) is 23.3 Å². The first-order valence-corrected chi connectivity index (χ1v) is 8.91. The highest BCUT2D eigenvalue weighted by atomic mass is 16.5. The van der Waals surface area contributed by atoms with Gasteiger partial charge in [0.15, 0.2) is 11.4 Å². The van der Waals surface area contributed by atoms with Gasteiger partial charge < -0.3 is 20.3 Å². The van der Waals surface area contributed by atoms with E-state index in [1.54, 1.807) is 31.3 Å². The second-order valence-electron chi connectivity index (χ2n) is 6.50. The van der Waals surface area contributed by atoms with Crippen LogP contribution in [0.1, 0.15) is 16.2 Å². The van der Waals surface area contributed by atoms with Crippen LogP contribution in [0.15, 0.2) is 36.4 Å². The molecular formula is C20H14N6O5. The molecule has 31 heavy (non-hydrogen) atoms. The fourth-order valence-corrected chi connectivity index (χ4v) is 3.03. The Bertz CT molecular complexity index is 1400. The molecule has 4 aromatic rings. The molecule has 3 N–H and O–H groups in total. The molecule has 154 valence electrons. The maximum absolute atomic E-state index is 12.2. The number of fused-ring (bicyclic) bond motifs is 2. The highest BCUT2D eigenvalue weighted by Gasteiger charge is 2.20. The topological polar surface area (TPSA) is 163 Å². The van der Waals surface area contributed by atoms with Crippen molar-refractivity contribution < 1.29 is 24.5 Å². The SMILES string of the molecule is Cn1nc2ccc(Oc3ccc4c(C#N)nc(C(=O)NCC(=O)O)c(O)c4c3)cc2n1. The average Bonchev–Trinajstić information content (AvgIpc) is 3.12. The smallest absolute Gasteiger partial charge is 0.322 e. The Kier molecular flexibility index (Phi) is 4.80. The Balaban J connectivity index is 1.74. The lowest BCUT2D eigenvalue weighted by molar-refractivity contribution is -0.135. The third-order valence-corrected chi connectivity index (χ3v) is 4.36. The molecule has 0 unspecified atom stereocenters. The summed E-state index contributed by atoms with van der Waals surface area (Å²) in [6.07, 6.45) is 0. The number of hydrogen-bond acceptors (Lipinski definition) is 8. The summed E-state index contributed by atoms with van der Waals surface area (Å²) in [5, 5.41) is 39.7. The van der Waals surface area contributed by atoms with Crippen LogP contribution in [-0.2, 0) is 11.8 Å². The van der Waals surface area contributed by atoms with Crippen LogP contribution >= 0.6 is 0 Å². The van der Waals surface area contributed by atoms with Crippen molar-refractivity contribution in [3.05, 3.63) is 47.8 Å². The molecule has 4 rings (SSSR count). The summed E-state index contributed by atoms with van der Waals surface area (Å²) in [6, 6.07) is 11.6. The van der Waals surface area contributed by atoms with Gasteiger partial charge in [0.2, 0.25) is 0 Å². The molecule has 11 heteroatoms. The molecule has 11 nitrogen and oxygen atoms in total. The minimum absolute atomic E-state index is 0.0965. The Hall–Kier alpha value is -4.72. The zero-order valence-corrected chi connectivity index (χ0v) is 16.0. The standard InChI is InChI=1S/C20H14N6O5/c1-26-24-14-5-3-11(7-15(14)25-26)31-10-2-4-12-13(6-10)19(29)18(23-16(12)8-21)20(30)22-9-17(27)28/h2-7,29H,9H2,1H3,(H,22,30)(H,27,28). The molecule has 2 aromatic carbocycles. The van der Waals surface area contributed by atoms with E-state index in [0.29, 0.717) is 27.9 Å². The molecule has 0 saturated heterocycles. The molecule has 0 spiro atoms. The van der Waals surface area contributed by atoms with Crippen LogP contribution in [0.3, 0.4) is 0 Å². The van der Waals surface area contributed by atoms with Crippen LogP contribution in [0, 0.1) is 11.3 Å². The number of pyridine rings is 1. The predicted molar refractivity (Wildman–Crippen MR) is 107 cm³/mol. The van der Waals surface area contributed by atoms with Crippen LogP contribution in [-0.4, -0.2) is 48.6 Å². The summed E-state index contributed by atoms with van der Waals surface area (Å²) >= 11 is 0. The number of ether oxygens (including phenoxy) is 1. The first kappa shape index (κ1) is 19.6. The molecule has 2 aromatic heterocycles. The molecular weight excluding hydrogens is 404 g/mol. The largest absolute Gasteiger partial charge is 0.505 e. The van der Waals surface area contributed by atoms with Crippen molar-refractivity contribution in [2.45, 2.75) is 0 Å². The number of carboxylic acids is 1. The quantitative estimate of drug-likeness (QED) is 0.437. The lowest BCUT2D eigenvalue weighted by Gasteiger charge is -2.11. The Labute approximate surface area is 174 Å². The summed E-state index contributed by atoms with van der Waals surface area (Å²) < 4.78 is 5.84. The van der Waals surface area contributed by atoms with Crippen molar-refractivity contribution in [1.82, 2.24) is 25.3 Å². The number of aromatic hydroxyl groups is 1. The number of aliphatic carboxylic acids is 1. The molecule has 0 aliphatic carbocycles. The molecule has 0 radical (unpaired) electrons. The number of nitrogens with one attached hydrogen (secondary N) is 1. The van der Waals surface area contributed by atoms with E-state index in [-0.39, 0.29) is 11.1 Å². The van der Waals surface area contributed by atoms with Crippen molar-refractivity contribution in [2.24, 2.45) is 7.05 Å². The average molecular weight is 418 g/mol. The zero-order chi connectivity index (χ0) is 22.1. The van der Waals surface area contributed by atoms with Gasteiger partial charge in [0.1, 0.15) is 40.8 Å². The van der Waals surface area contributed by atoms with Gasteiger partial charge in [-0.3, -0.25) is 9.59 Å². The molecule has 0 aliphatic rings. The normalized spacial score (nSPS) is 10.7. The van der Waals surface area contributed by atoms with Crippen LogP contribution in [0.25, 0.3) is 21.8 Å². The van der Waals surface area contributed by atoms with Gasteiger partial charge in [-0.05, 0) is 30.3 Å². The maximum atomic E-state index is 12.2. The van der Waals surface area contributed by atoms with Crippen LogP contribution in [0.5, 0.6) is 17.2 Å². The Morgan fingerprint density at radius 3 is 2.58 bits per heavy atom. The number of aryl methyl sites for hydroxylation is 1. The predicted octanol–water partition coefficient (Wildman–Crippen LogP) is 1.70. The highest BCUT2D eigenvalue weighted by molar-refractivity contribution is 6.04. The van der Waals surface area contributed by atoms with Gasteiger partial charge in [0.25, 0.3) is 5.91 Å². The van der Waals surface area contributed by atoms with Gasteiger partial charge in [-0.2, -0.15) is 20.3 Å². The van der Waals surface area contributed by atoms with Gasteiger partial charge >= 0.3 is 5.97 Å². The summed E-state index contributed by atoms with van der Waals surface area (Å²) in [6.45, 7) is -0.659. The first-order chi connectivity index (χ1) is 14.9. The van der Waals surface area contributed by atoms with Gasteiger partial charge in [-0.25, -0.2) is 4.98 Å². The lowest BCUT2D eigenvalue weighted by atomic mass is 10.1. The fourth-order valence-electron chi connectivity index (χ4n) is 3.03. The second-order valence-corrected chi connectivity index (χ2v) is 6.50. The van der Waals surface area contributed by atoms with E-state index in [9.17, 15) is 20.0 Å². The summed E-state index contributed by atoms with van der Waals surface area (Å²) in [5.74, 6) is -1.87. The third kappa shape index (κ3) is 3.77. The number of carbonyl (C=O) groups is 2. The minimum atomic E-state index is -1.26. The van der Waals surface area contributed by atoms with Crippen LogP contribution in [0.2, 0.25) is 0 Å². The number of nitriles is 1. The Morgan fingerprint density at radius 1 is 1.13 bits per heavy atom. The Morgan fingerprint density at radius 2 is 1.84 bits per heavy atom. The molecule has 0 fully saturated rings. The molecule has 0 bridgehead atoms. The number of benzene rings is 2. The van der Waals surface area contributed by atoms with Crippen molar-refractivity contribution in [2.75, 3.05) is 6.54 Å². The zero-order valence-electron chi connectivity index (χ0n) is 16.0. The molecule has 0 aliphatic heterocycles. The number of rotatable bonds is 5. The van der Waals surface area contributed by atoms with Gasteiger partial charge in [-0.1, -0.05) is 0 Å². The highest BCUT2D eigenvalue weighted by Crippen LogP contribution is 2.34. The number of aromatic nitrogens is 4. The van der Waals surface area contributed by atoms with E-state index in [1.807, 2.05) is 6.07 Å². The number of carboxylic acid groups (broad SMARTS) is 1. The van der Waals surface area contributed by atoms with Crippen molar-refractivity contribution in [1.29, 1.82) is 5.26 Å². The summed E-state index contributed by atoms with van der Waals surface area (Å²) in [4.78, 5) is 28.2. The maximum Gasteiger partial charge on any atom is 0.322 e. The number of carbonyl (C=O) groups excluding carboxylic acids is 1.